The van der Waals surface area contributed by atoms with Crippen LogP contribution in [0.15, 0.2) is 48.6 Å². The molecule has 0 heteroatoms. The third-order valence-electron chi connectivity index (χ3n) is 5.09. The molecule has 0 unspecified atom stereocenters. The van der Waals surface area contributed by atoms with Crippen LogP contribution in [0.25, 0.3) is 0 Å². The molecule has 1 rings (SSSR count). The Morgan fingerprint density at radius 1 is 1.25 bits per heavy atom. The van der Waals surface area contributed by atoms with Crippen LogP contribution in [0.1, 0.15) is 59.8 Å². The summed E-state index contributed by atoms with van der Waals surface area (Å²) < 4.78 is 0. The summed E-state index contributed by atoms with van der Waals surface area (Å²) in [5.74, 6) is 1.29. The van der Waals surface area contributed by atoms with Crippen LogP contribution in [-0.4, -0.2) is 0 Å². The van der Waals surface area contributed by atoms with Crippen LogP contribution >= 0.6 is 0 Å². The first-order valence-corrected chi connectivity index (χ1v) is 7.90. The molecule has 0 saturated heterocycles. The van der Waals surface area contributed by atoms with Crippen LogP contribution in [0.4, 0.5) is 0 Å². The highest BCUT2D eigenvalue weighted by atomic mass is 14.4. The van der Waals surface area contributed by atoms with Gasteiger partial charge in [0.2, 0.25) is 0 Å². The van der Waals surface area contributed by atoms with Crippen molar-refractivity contribution < 1.29 is 0 Å². The van der Waals surface area contributed by atoms with Gasteiger partial charge in [-0.2, -0.15) is 0 Å². The summed E-state index contributed by atoms with van der Waals surface area (Å²) in [6.45, 7) is 21.2. The van der Waals surface area contributed by atoms with E-state index in [9.17, 15) is 0 Å². The highest BCUT2D eigenvalue weighted by Gasteiger charge is 2.38. The number of rotatable bonds is 6. The van der Waals surface area contributed by atoms with E-state index in [1.165, 1.54) is 30.4 Å². The first kappa shape index (κ1) is 17.0. The van der Waals surface area contributed by atoms with Crippen LogP contribution in [0.2, 0.25) is 0 Å². The molecule has 0 heterocycles. The molecule has 0 aliphatic heterocycles. The molecular formula is C20H32. The van der Waals surface area contributed by atoms with Crippen LogP contribution in [0.5, 0.6) is 0 Å². The van der Waals surface area contributed by atoms with Crippen molar-refractivity contribution in [1.82, 2.24) is 0 Å². The summed E-state index contributed by atoms with van der Waals surface area (Å²) in [4.78, 5) is 0. The third-order valence-corrected chi connectivity index (χ3v) is 5.09. The Kier molecular flexibility index (Phi) is 6.05. The van der Waals surface area contributed by atoms with Crippen molar-refractivity contribution in [3.05, 3.63) is 48.6 Å². The minimum absolute atomic E-state index is 0.236. The Labute approximate surface area is 126 Å². The van der Waals surface area contributed by atoms with Crippen LogP contribution in [0.3, 0.4) is 0 Å². The molecule has 1 aliphatic rings. The Morgan fingerprint density at radius 2 is 1.90 bits per heavy atom. The minimum Gasteiger partial charge on any atom is -0.103 e. The minimum atomic E-state index is 0.236. The van der Waals surface area contributed by atoms with Gasteiger partial charge in [0.25, 0.3) is 0 Å². The van der Waals surface area contributed by atoms with Gasteiger partial charge in [0.05, 0.1) is 0 Å². The molecule has 0 N–H and O–H groups in total. The number of allylic oxidation sites excluding steroid dienone is 5. The lowest BCUT2D eigenvalue weighted by atomic mass is 9.61. The van der Waals surface area contributed by atoms with E-state index in [0.717, 1.165) is 18.8 Å². The highest BCUT2D eigenvalue weighted by Crippen LogP contribution is 2.48. The monoisotopic (exact) mass is 272 g/mol. The van der Waals surface area contributed by atoms with E-state index >= 15 is 0 Å². The predicted octanol–water partition coefficient (Wildman–Crippen LogP) is 6.47. The van der Waals surface area contributed by atoms with E-state index in [1.807, 2.05) is 0 Å². The smallest absolute Gasteiger partial charge is 0.00836 e. The average molecular weight is 272 g/mol. The summed E-state index contributed by atoms with van der Waals surface area (Å²) in [6, 6.07) is 0. The van der Waals surface area contributed by atoms with Gasteiger partial charge in [-0.3, -0.25) is 0 Å². The van der Waals surface area contributed by atoms with E-state index in [0.29, 0.717) is 5.92 Å². The lowest BCUT2D eigenvalue weighted by Crippen LogP contribution is -2.33. The summed E-state index contributed by atoms with van der Waals surface area (Å²) >= 11 is 0. The van der Waals surface area contributed by atoms with E-state index in [1.54, 1.807) is 5.57 Å². The Hall–Kier alpha value is -1.04. The molecular weight excluding hydrogens is 240 g/mol. The van der Waals surface area contributed by atoms with E-state index in [2.05, 4.69) is 59.6 Å². The predicted molar refractivity (Wildman–Crippen MR) is 91.8 cm³/mol. The zero-order valence-corrected chi connectivity index (χ0v) is 14.0. The summed E-state index contributed by atoms with van der Waals surface area (Å²) in [5, 5.41) is 0. The second-order valence-electron chi connectivity index (χ2n) is 7.02. The summed E-state index contributed by atoms with van der Waals surface area (Å²) in [7, 11) is 0. The summed E-state index contributed by atoms with van der Waals surface area (Å²) in [5.41, 5.74) is 4.38. The van der Waals surface area contributed by atoms with E-state index in [4.69, 9.17) is 0 Å². The Balaban J connectivity index is 2.73. The fourth-order valence-electron chi connectivity index (χ4n) is 3.47. The molecule has 0 aromatic rings. The summed E-state index contributed by atoms with van der Waals surface area (Å²) in [6.07, 6.45) is 10.6. The first-order valence-electron chi connectivity index (χ1n) is 7.90. The zero-order valence-electron chi connectivity index (χ0n) is 14.0. The molecule has 3 atom stereocenters. The SMILES string of the molecule is C=C[C@@]1(C)CC[C@H](/C(C)=C/CCC(=C)C)C[C@@H]1C(=C)C. The highest BCUT2D eigenvalue weighted by molar-refractivity contribution is 5.16. The largest absolute Gasteiger partial charge is 0.103 e. The van der Waals surface area contributed by atoms with Crippen molar-refractivity contribution >= 4 is 0 Å². The molecule has 0 aromatic carbocycles. The normalized spacial score (nSPS) is 30.9. The van der Waals surface area contributed by atoms with Gasteiger partial charge in [-0.05, 0) is 70.1 Å². The van der Waals surface area contributed by atoms with Crippen molar-refractivity contribution in [2.45, 2.75) is 59.8 Å². The zero-order chi connectivity index (χ0) is 15.3. The third kappa shape index (κ3) is 4.23. The molecule has 0 bridgehead atoms. The molecule has 1 saturated carbocycles. The quantitative estimate of drug-likeness (QED) is 0.486. The fraction of sp³-hybridized carbons (Fsp3) is 0.600. The van der Waals surface area contributed by atoms with Gasteiger partial charge in [0, 0.05) is 0 Å². The van der Waals surface area contributed by atoms with E-state index in [-0.39, 0.29) is 5.41 Å². The molecule has 0 aromatic heterocycles. The molecule has 0 spiro atoms. The molecule has 0 nitrogen and oxygen atoms in total. The van der Waals surface area contributed by atoms with Gasteiger partial charge in [-0.1, -0.05) is 42.4 Å². The van der Waals surface area contributed by atoms with Crippen LogP contribution < -0.4 is 0 Å². The van der Waals surface area contributed by atoms with Gasteiger partial charge in [0.1, 0.15) is 0 Å². The van der Waals surface area contributed by atoms with Crippen molar-refractivity contribution in [2.24, 2.45) is 17.3 Å². The molecule has 112 valence electrons. The maximum atomic E-state index is 4.22. The standard InChI is InChI=1S/C20H32/c1-8-20(7)13-12-18(14-19(20)16(4)5)17(6)11-9-10-15(2)3/h8,11,18-19H,1-2,4,9-10,12-14H2,3,5-7H3/b17-11+/t18-,19+,20-/m0/s1. The second-order valence-corrected chi connectivity index (χ2v) is 7.02. The van der Waals surface area contributed by atoms with Gasteiger partial charge < -0.3 is 0 Å². The van der Waals surface area contributed by atoms with Gasteiger partial charge in [-0.15, -0.1) is 13.2 Å². The first-order chi connectivity index (χ1) is 9.30. The number of hydrogen-bond acceptors (Lipinski definition) is 0. The lowest BCUT2D eigenvalue weighted by molar-refractivity contribution is 0.169. The molecule has 20 heavy (non-hydrogen) atoms. The topological polar surface area (TPSA) is 0 Å². The molecule has 0 radical (unpaired) electrons. The molecule has 1 fully saturated rings. The maximum Gasteiger partial charge on any atom is -0.00836 e. The second kappa shape index (κ2) is 7.11. The Bertz CT molecular complexity index is 410. The molecule has 0 amide bonds. The van der Waals surface area contributed by atoms with Crippen LogP contribution in [0, 0.1) is 17.3 Å². The van der Waals surface area contributed by atoms with Gasteiger partial charge in [0.15, 0.2) is 0 Å². The average Bonchev–Trinajstić information content (AvgIpc) is 2.38. The van der Waals surface area contributed by atoms with Crippen LogP contribution in [-0.2, 0) is 0 Å². The van der Waals surface area contributed by atoms with E-state index < -0.39 is 0 Å². The number of hydrogen-bond donors (Lipinski definition) is 0. The van der Waals surface area contributed by atoms with Crippen molar-refractivity contribution in [3.63, 3.8) is 0 Å². The van der Waals surface area contributed by atoms with Crippen molar-refractivity contribution in [2.75, 3.05) is 0 Å². The van der Waals surface area contributed by atoms with Crippen molar-refractivity contribution in [3.8, 4) is 0 Å². The Morgan fingerprint density at radius 3 is 2.40 bits per heavy atom. The maximum absolute atomic E-state index is 4.22. The van der Waals surface area contributed by atoms with Crippen molar-refractivity contribution in [1.29, 1.82) is 0 Å². The fourth-order valence-corrected chi connectivity index (χ4v) is 3.47. The lowest BCUT2D eigenvalue weighted by Gasteiger charge is -2.43. The van der Waals surface area contributed by atoms with Gasteiger partial charge >= 0.3 is 0 Å². The molecule has 1 aliphatic carbocycles. The van der Waals surface area contributed by atoms with Gasteiger partial charge in [-0.25, -0.2) is 0 Å².